The summed E-state index contributed by atoms with van der Waals surface area (Å²) in [5, 5.41) is 1.37. The first kappa shape index (κ1) is 11.6. The summed E-state index contributed by atoms with van der Waals surface area (Å²) < 4.78 is 1.52. The number of rotatable bonds is 3. The van der Waals surface area contributed by atoms with Crippen LogP contribution in [0.5, 0.6) is 0 Å². The van der Waals surface area contributed by atoms with E-state index in [1.54, 1.807) is 31.4 Å². The number of hydrogen-bond acceptors (Lipinski definition) is 2. The van der Waals surface area contributed by atoms with E-state index in [9.17, 15) is 9.59 Å². The van der Waals surface area contributed by atoms with Crippen LogP contribution < -0.4 is 5.56 Å². The van der Waals surface area contributed by atoms with Crippen LogP contribution in [-0.4, -0.2) is 10.4 Å². The van der Waals surface area contributed by atoms with Crippen LogP contribution in [0.3, 0.4) is 0 Å². The lowest BCUT2D eigenvalue weighted by Gasteiger charge is -2.06. The first-order valence-corrected chi connectivity index (χ1v) is 5.76. The molecule has 0 bridgehead atoms. The zero-order valence-corrected chi connectivity index (χ0v) is 10.1. The smallest absolute Gasteiger partial charge is 0.258 e. The topological polar surface area (TPSA) is 39.1 Å². The van der Waals surface area contributed by atoms with E-state index in [1.165, 1.54) is 4.57 Å². The maximum absolute atomic E-state index is 11.9. The van der Waals surface area contributed by atoms with Gasteiger partial charge in [0.1, 0.15) is 0 Å². The van der Waals surface area contributed by atoms with E-state index in [1.807, 2.05) is 13.0 Å². The second-order valence-electron chi connectivity index (χ2n) is 4.17. The Labute approximate surface area is 99.7 Å². The Hall–Kier alpha value is -1.90. The second kappa shape index (κ2) is 4.53. The van der Waals surface area contributed by atoms with Gasteiger partial charge in [0.15, 0.2) is 5.78 Å². The highest BCUT2D eigenvalue weighted by molar-refractivity contribution is 6.07. The summed E-state index contributed by atoms with van der Waals surface area (Å²) in [5.41, 5.74) is 0.593. The third kappa shape index (κ3) is 2.00. The lowest BCUT2D eigenvalue weighted by atomic mass is 10.0. The highest BCUT2D eigenvalue weighted by atomic mass is 16.1. The fraction of sp³-hybridized carbons (Fsp3) is 0.286. The predicted molar refractivity (Wildman–Crippen MR) is 68.4 cm³/mol. The molecule has 0 aliphatic rings. The summed E-state index contributed by atoms with van der Waals surface area (Å²) in [4.78, 5) is 23.9. The maximum atomic E-state index is 11.9. The molecule has 1 aromatic carbocycles. The number of ketones is 1. The fourth-order valence-electron chi connectivity index (χ4n) is 1.98. The summed E-state index contributed by atoms with van der Waals surface area (Å²) in [6.45, 7) is 1.97. The first-order chi connectivity index (χ1) is 8.15. The Morgan fingerprint density at radius 1 is 1.24 bits per heavy atom. The number of fused-ring (bicyclic) bond motifs is 1. The van der Waals surface area contributed by atoms with Gasteiger partial charge in [-0.2, -0.15) is 0 Å². The third-order valence-corrected chi connectivity index (χ3v) is 2.90. The maximum Gasteiger partial charge on any atom is 0.258 e. The van der Waals surface area contributed by atoms with Gasteiger partial charge in [0.05, 0.1) is 0 Å². The summed E-state index contributed by atoms with van der Waals surface area (Å²) in [5.74, 6) is 0.103. The minimum Gasteiger partial charge on any atom is -0.318 e. The largest absolute Gasteiger partial charge is 0.318 e. The van der Waals surface area contributed by atoms with Crippen LogP contribution in [0.2, 0.25) is 0 Å². The monoisotopic (exact) mass is 229 g/mol. The molecule has 0 saturated heterocycles. The number of pyridine rings is 1. The molecule has 0 N–H and O–H groups in total. The number of aryl methyl sites for hydroxylation is 1. The fourth-order valence-corrected chi connectivity index (χ4v) is 1.98. The molecule has 0 radical (unpaired) electrons. The van der Waals surface area contributed by atoms with E-state index < -0.39 is 0 Å². The van der Waals surface area contributed by atoms with Gasteiger partial charge in [-0.1, -0.05) is 19.1 Å². The first-order valence-electron chi connectivity index (χ1n) is 5.76. The van der Waals surface area contributed by atoms with Crippen molar-refractivity contribution in [3.63, 3.8) is 0 Å². The number of hydrogen-bond donors (Lipinski definition) is 0. The molecule has 0 unspecified atom stereocenters. The lowest BCUT2D eigenvalue weighted by Crippen LogP contribution is -2.16. The molecule has 3 nitrogen and oxygen atoms in total. The Morgan fingerprint density at radius 2 is 2.00 bits per heavy atom. The van der Waals surface area contributed by atoms with Crippen molar-refractivity contribution in [1.82, 2.24) is 4.57 Å². The highest BCUT2D eigenvalue weighted by Gasteiger charge is 2.10. The van der Waals surface area contributed by atoms with Crippen LogP contribution >= 0.6 is 0 Å². The number of carbonyl (C=O) groups is 1. The summed E-state index contributed by atoms with van der Waals surface area (Å²) >= 11 is 0. The van der Waals surface area contributed by atoms with E-state index in [0.717, 1.165) is 11.8 Å². The summed E-state index contributed by atoms with van der Waals surface area (Å²) in [6, 6.07) is 7.16. The van der Waals surface area contributed by atoms with Gasteiger partial charge in [-0.05, 0) is 23.9 Å². The minimum atomic E-state index is -0.0614. The second-order valence-corrected chi connectivity index (χ2v) is 4.17. The molecule has 0 atom stereocenters. The van der Waals surface area contributed by atoms with Crippen LogP contribution in [0, 0.1) is 0 Å². The average Bonchev–Trinajstić information content (AvgIpc) is 2.33. The molecule has 0 saturated carbocycles. The van der Waals surface area contributed by atoms with E-state index in [4.69, 9.17) is 0 Å². The van der Waals surface area contributed by atoms with Gasteiger partial charge in [0.25, 0.3) is 5.56 Å². The van der Waals surface area contributed by atoms with Crippen molar-refractivity contribution in [3.05, 3.63) is 46.4 Å². The van der Waals surface area contributed by atoms with Crippen molar-refractivity contribution in [1.29, 1.82) is 0 Å². The van der Waals surface area contributed by atoms with Crippen molar-refractivity contribution < 1.29 is 4.79 Å². The van der Waals surface area contributed by atoms with Gasteiger partial charge in [0, 0.05) is 30.6 Å². The van der Waals surface area contributed by atoms with Crippen LogP contribution in [0.25, 0.3) is 10.8 Å². The molecule has 0 spiro atoms. The molecule has 2 aromatic rings. The summed E-state index contributed by atoms with van der Waals surface area (Å²) in [6.07, 6.45) is 3.04. The highest BCUT2D eigenvalue weighted by Crippen LogP contribution is 2.17. The molecule has 0 aliphatic heterocycles. The predicted octanol–water partition coefficient (Wildman–Crippen LogP) is 2.52. The Balaban J connectivity index is 2.71. The zero-order valence-electron chi connectivity index (χ0n) is 10.1. The number of benzene rings is 1. The van der Waals surface area contributed by atoms with Gasteiger partial charge in [-0.3, -0.25) is 9.59 Å². The van der Waals surface area contributed by atoms with Gasteiger partial charge >= 0.3 is 0 Å². The zero-order chi connectivity index (χ0) is 12.4. The van der Waals surface area contributed by atoms with Crippen LogP contribution in [0.1, 0.15) is 30.1 Å². The molecule has 1 heterocycles. The molecule has 0 amide bonds. The van der Waals surface area contributed by atoms with Gasteiger partial charge in [-0.15, -0.1) is 0 Å². The summed E-state index contributed by atoms with van der Waals surface area (Å²) in [7, 11) is 1.71. The molecule has 0 aliphatic carbocycles. The van der Waals surface area contributed by atoms with Crippen LogP contribution in [-0.2, 0) is 7.05 Å². The average molecular weight is 229 g/mol. The third-order valence-electron chi connectivity index (χ3n) is 2.90. The molecule has 3 heteroatoms. The Bertz CT molecular complexity index is 626. The quantitative estimate of drug-likeness (QED) is 0.759. The van der Waals surface area contributed by atoms with Gasteiger partial charge < -0.3 is 4.57 Å². The Morgan fingerprint density at radius 3 is 2.71 bits per heavy atom. The van der Waals surface area contributed by atoms with Crippen LogP contribution in [0.4, 0.5) is 0 Å². The van der Waals surface area contributed by atoms with Crippen molar-refractivity contribution in [3.8, 4) is 0 Å². The molecular weight excluding hydrogens is 214 g/mol. The van der Waals surface area contributed by atoms with Crippen molar-refractivity contribution in [2.75, 3.05) is 0 Å². The minimum absolute atomic E-state index is 0.0614. The molecule has 17 heavy (non-hydrogen) atoms. The van der Waals surface area contributed by atoms with E-state index >= 15 is 0 Å². The Kier molecular flexibility index (Phi) is 3.09. The number of aromatic nitrogens is 1. The van der Waals surface area contributed by atoms with Crippen molar-refractivity contribution in [2.45, 2.75) is 19.8 Å². The number of carbonyl (C=O) groups excluding carboxylic acids is 1. The molecule has 2 rings (SSSR count). The van der Waals surface area contributed by atoms with Crippen molar-refractivity contribution >= 4 is 16.6 Å². The van der Waals surface area contributed by atoms with E-state index in [2.05, 4.69) is 0 Å². The lowest BCUT2D eigenvalue weighted by molar-refractivity contribution is 0.0983. The SMILES string of the molecule is CCCC(=O)c1cccc2c(=O)n(C)ccc12. The molecule has 88 valence electrons. The molecule has 1 aromatic heterocycles. The van der Waals surface area contributed by atoms with E-state index in [-0.39, 0.29) is 11.3 Å². The van der Waals surface area contributed by atoms with Gasteiger partial charge in [0.2, 0.25) is 0 Å². The number of nitrogens with zero attached hydrogens (tertiary/aromatic N) is 1. The molecular formula is C14H15NO2. The molecule has 0 fully saturated rings. The van der Waals surface area contributed by atoms with Crippen molar-refractivity contribution in [2.24, 2.45) is 7.05 Å². The number of Topliss-reactive ketones (excluding diaryl/α,β-unsaturated/α-hetero) is 1. The normalized spacial score (nSPS) is 10.7. The standard InChI is InChI=1S/C14H15NO2/c1-3-5-13(16)11-6-4-7-12-10(11)8-9-15(2)14(12)17/h4,6-9H,3,5H2,1-2H3. The van der Waals surface area contributed by atoms with Crippen LogP contribution in [0.15, 0.2) is 35.3 Å². The van der Waals surface area contributed by atoms with E-state index in [0.29, 0.717) is 17.4 Å². The van der Waals surface area contributed by atoms with Gasteiger partial charge in [-0.25, -0.2) is 0 Å².